The minimum Gasteiger partial charge on any atom is -0.547 e. The number of nitrogens with one attached hydrogen (secondary N) is 3. The second-order valence-electron chi connectivity index (χ2n) is 6.64. The van der Waals surface area contributed by atoms with Crippen molar-refractivity contribution in [3.63, 3.8) is 0 Å². The van der Waals surface area contributed by atoms with Crippen LogP contribution in [0.1, 0.15) is 11.1 Å². The minimum absolute atomic E-state index is 0. The summed E-state index contributed by atoms with van der Waals surface area (Å²) in [4.78, 5) is 48.2. The summed E-state index contributed by atoms with van der Waals surface area (Å²) >= 11 is 0. The van der Waals surface area contributed by atoms with E-state index < -0.39 is 41.9 Å². The molecule has 1 saturated heterocycles. The van der Waals surface area contributed by atoms with Gasteiger partial charge in [-0.05, 0) is 11.1 Å². The van der Waals surface area contributed by atoms with Crippen molar-refractivity contribution in [3.05, 3.63) is 71.8 Å². The third-order valence-corrected chi connectivity index (χ3v) is 4.41. The molecule has 2 atom stereocenters. The van der Waals surface area contributed by atoms with E-state index in [9.17, 15) is 24.3 Å². The molecule has 3 rings (SSSR count). The van der Waals surface area contributed by atoms with E-state index in [4.69, 9.17) is 4.74 Å². The van der Waals surface area contributed by atoms with Crippen molar-refractivity contribution >= 4 is 23.7 Å². The summed E-state index contributed by atoms with van der Waals surface area (Å²) in [5.74, 6) is -3.88. The van der Waals surface area contributed by atoms with E-state index in [2.05, 4.69) is 16.0 Å². The fourth-order valence-corrected chi connectivity index (χ4v) is 2.74. The molecule has 0 saturated carbocycles. The maximum Gasteiger partial charge on any atom is 1.00 e. The SMILES string of the molecule is O=C(NCc1ccccc1)C(NC(=O)[C@H]1O[C@@H]1C(=O)[O-])C(=O)NCc1ccccc1.[Na+]. The van der Waals surface area contributed by atoms with Crippen LogP contribution in [0.3, 0.4) is 0 Å². The molecule has 2 aromatic rings. The molecule has 2 aromatic carbocycles. The maximum atomic E-state index is 12.6. The van der Waals surface area contributed by atoms with Gasteiger partial charge in [0.15, 0.2) is 12.1 Å². The van der Waals surface area contributed by atoms with Gasteiger partial charge >= 0.3 is 29.6 Å². The Kier molecular flexibility index (Phi) is 9.20. The molecule has 9 nitrogen and oxygen atoms in total. The normalized spacial score (nSPS) is 16.5. The molecule has 0 aromatic heterocycles. The molecule has 1 fully saturated rings. The van der Waals surface area contributed by atoms with Crippen molar-refractivity contribution in [2.45, 2.75) is 31.3 Å². The zero-order valence-corrected chi connectivity index (χ0v) is 18.9. The van der Waals surface area contributed by atoms with Gasteiger partial charge in [0.05, 0.1) is 5.97 Å². The van der Waals surface area contributed by atoms with Gasteiger partial charge < -0.3 is 30.6 Å². The summed E-state index contributed by atoms with van der Waals surface area (Å²) in [6.45, 7) is 0.305. The molecule has 0 unspecified atom stereocenters. The number of aliphatic carboxylic acids is 1. The average Bonchev–Trinajstić information content (AvgIpc) is 3.57. The van der Waals surface area contributed by atoms with Crippen LogP contribution in [0.5, 0.6) is 0 Å². The van der Waals surface area contributed by atoms with Crippen molar-refractivity contribution in [1.82, 2.24) is 16.0 Å². The van der Waals surface area contributed by atoms with Crippen LogP contribution in [0.25, 0.3) is 0 Å². The van der Waals surface area contributed by atoms with Crippen molar-refractivity contribution in [3.8, 4) is 0 Å². The van der Waals surface area contributed by atoms with Crippen LogP contribution in [0.4, 0.5) is 0 Å². The number of amides is 3. The van der Waals surface area contributed by atoms with Gasteiger partial charge in [-0.15, -0.1) is 0 Å². The first-order chi connectivity index (χ1) is 14.5. The van der Waals surface area contributed by atoms with Gasteiger partial charge in [-0.3, -0.25) is 14.4 Å². The number of rotatable bonds is 9. The topological polar surface area (TPSA) is 140 Å². The number of carbonyl (C=O) groups excluding carboxylic acids is 4. The number of epoxide rings is 1. The zero-order chi connectivity index (χ0) is 21.5. The Bertz CT molecular complexity index is 870. The van der Waals surface area contributed by atoms with Crippen molar-refractivity contribution in [2.24, 2.45) is 0 Å². The Morgan fingerprint density at radius 1 is 0.806 bits per heavy atom. The van der Waals surface area contributed by atoms with Crippen LogP contribution in [-0.4, -0.2) is 41.9 Å². The first-order valence-electron chi connectivity index (χ1n) is 9.25. The van der Waals surface area contributed by atoms with Crippen LogP contribution >= 0.6 is 0 Å². The third kappa shape index (κ3) is 7.18. The molecule has 0 aliphatic carbocycles. The number of carboxylic acid groups (broad SMARTS) is 1. The van der Waals surface area contributed by atoms with Crippen LogP contribution in [0.15, 0.2) is 60.7 Å². The fourth-order valence-electron chi connectivity index (χ4n) is 2.74. The van der Waals surface area contributed by atoms with Gasteiger partial charge in [0.25, 0.3) is 17.7 Å². The van der Waals surface area contributed by atoms with Crippen LogP contribution in [0.2, 0.25) is 0 Å². The van der Waals surface area contributed by atoms with Gasteiger partial charge in [0.1, 0.15) is 6.10 Å². The molecular weight excluding hydrogens is 413 g/mol. The van der Waals surface area contributed by atoms with Crippen molar-refractivity contribution in [2.75, 3.05) is 0 Å². The quantitative estimate of drug-likeness (QED) is 0.207. The maximum absolute atomic E-state index is 12.6. The first kappa shape index (κ1) is 24.5. The number of carboxylic acids is 1. The Labute approximate surface area is 200 Å². The van der Waals surface area contributed by atoms with E-state index in [1.807, 2.05) is 12.1 Å². The molecule has 0 bridgehead atoms. The smallest absolute Gasteiger partial charge is 0.547 e. The molecule has 3 N–H and O–H groups in total. The number of ether oxygens (including phenoxy) is 1. The third-order valence-electron chi connectivity index (χ3n) is 4.41. The summed E-state index contributed by atoms with van der Waals surface area (Å²) in [7, 11) is 0. The van der Waals surface area contributed by atoms with Crippen molar-refractivity contribution in [1.29, 1.82) is 0 Å². The largest absolute Gasteiger partial charge is 1.00 e. The Hall–Kier alpha value is -2.72. The second-order valence-corrected chi connectivity index (χ2v) is 6.64. The summed E-state index contributed by atoms with van der Waals surface area (Å²) < 4.78 is 4.72. The van der Waals surface area contributed by atoms with Gasteiger partial charge in [-0.1, -0.05) is 60.7 Å². The summed E-state index contributed by atoms with van der Waals surface area (Å²) in [5.41, 5.74) is 1.62. The van der Waals surface area contributed by atoms with Gasteiger partial charge in [-0.25, -0.2) is 0 Å². The first-order valence-corrected chi connectivity index (χ1v) is 9.25. The van der Waals surface area contributed by atoms with E-state index in [0.29, 0.717) is 0 Å². The van der Waals surface area contributed by atoms with Gasteiger partial charge in [0.2, 0.25) is 0 Å². The van der Waals surface area contributed by atoms with Crippen LogP contribution in [-0.2, 0) is 37.0 Å². The molecule has 1 heterocycles. The molecular formula is C21H20N3NaO6. The Morgan fingerprint density at radius 3 is 1.65 bits per heavy atom. The van der Waals surface area contributed by atoms with Crippen LogP contribution < -0.4 is 50.6 Å². The Balaban J connectivity index is 0.00000341. The van der Waals surface area contributed by atoms with E-state index in [-0.39, 0.29) is 42.6 Å². The standard InChI is InChI=1S/C21H21N3O6.Na/c25-18(22-11-13-7-3-1-4-8-13)15(24-20(27)16-17(30-16)21(28)29)19(26)23-12-14-9-5-2-6-10-14;/h1-10,15-17H,11-12H2,(H,22,25)(H,23,26)(H,24,27)(H,28,29);/q;+1/p-1/t16-,17-;/m0./s1. The summed E-state index contributed by atoms with van der Waals surface area (Å²) in [6.07, 6.45) is -2.67. The molecule has 1 aliphatic rings. The molecule has 1 aliphatic heterocycles. The molecule has 0 spiro atoms. The van der Waals surface area contributed by atoms with E-state index in [0.717, 1.165) is 11.1 Å². The Morgan fingerprint density at radius 2 is 1.26 bits per heavy atom. The van der Waals surface area contributed by atoms with Crippen LogP contribution in [0, 0.1) is 0 Å². The molecule has 31 heavy (non-hydrogen) atoms. The number of carbonyl (C=O) groups is 4. The number of hydrogen-bond acceptors (Lipinski definition) is 6. The fraction of sp³-hybridized carbons (Fsp3) is 0.238. The predicted molar refractivity (Wildman–Crippen MR) is 102 cm³/mol. The predicted octanol–water partition coefficient (Wildman–Crippen LogP) is -4.37. The van der Waals surface area contributed by atoms with Gasteiger partial charge in [-0.2, -0.15) is 0 Å². The second kappa shape index (κ2) is 11.6. The van der Waals surface area contributed by atoms with E-state index in [1.54, 1.807) is 48.5 Å². The molecule has 10 heteroatoms. The molecule has 3 amide bonds. The monoisotopic (exact) mass is 433 g/mol. The van der Waals surface area contributed by atoms with Crippen molar-refractivity contribution < 1.29 is 58.6 Å². The number of hydrogen-bond donors (Lipinski definition) is 3. The molecule has 156 valence electrons. The summed E-state index contributed by atoms with van der Waals surface area (Å²) in [6, 6.07) is 16.5. The van der Waals surface area contributed by atoms with E-state index in [1.165, 1.54) is 0 Å². The minimum atomic E-state index is -1.56. The number of benzene rings is 2. The molecule has 0 radical (unpaired) electrons. The summed E-state index contributed by atoms with van der Waals surface area (Å²) in [5, 5.41) is 18.2. The van der Waals surface area contributed by atoms with Gasteiger partial charge in [0, 0.05) is 13.1 Å². The van der Waals surface area contributed by atoms with E-state index >= 15 is 0 Å². The average molecular weight is 433 g/mol. The zero-order valence-electron chi connectivity index (χ0n) is 16.9.